The summed E-state index contributed by atoms with van der Waals surface area (Å²) in [5.74, 6) is 0.952. The molecule has 0 saturated carbocycles. The van der Waals surface area contributed by atoms with Crippen molar-refractivity contribution < 1.29 is 0 Å². The summed E-state index contributed by atoms with van der Waals surface area (Å²) >= 11 is 3.56. The smallest absolute Gasteiger partial charge is 0.133 e. The molecule has 0 fully saturated rings. The molecule has 0 aliphatic rings. The summed E-state index contributed by atoms with van der Waals surface area (Å²) in [6.45, 7) is 2.94. The van der Waals surface area contributed by atoms with Crippen LogP contribution in [0.25, 0.3) is 10.8 Å². The van der Waals surface area contributed by atoms with Gasteiger partial charge in [-0.15, -0.1) is 0 Å². The second-order valence-electron chi connectivity index (χ2n) is 3.78. The van der Waals surface area contributed by atoms with E-state index in [4.69, 9.17) is 0 Å². The number of allylic oxidation sites excluding steroid dienone is 1. The molecule has 1 aromatic carbocycles. The number of nitrogens with zero attached hydrogens (tertiary/aromatic N) is 1. The average molecular weight is 291 g/mol. The fourth-order valence-corrected chi connectivity index (χ4v) is 2.25. The van der Waals surface area contributed by atoms with Crippen molar-refractivity contribution in [2.24, 2.45) is 0 Å². The van der Waals surface area contributed by atoms with Gasteiger partial charge in [0.25, 0.3) is 0 Å². The van der Waals surface area contributed by atoms with Gasteiger partial charge in [-0.05, 0) is 25.5 Å². The fraction of sp³-hybridized carbons (Fsp3) is 0.214. The van der Waals surface area contributed by atoms with E-state index in [-0.39, 0.29) is 0 Å². The molecule has 0 aliphatic heterocycles. The third-order valence-electron chi connectivity index (χ3n) is 2.59. The molecule has 3 heteroatoms. The van der Waals surface area contributed by atoms with Gasteiger partial charge >= 0.3 is 0 Å². The number of hydrogen-bond acceptors (Lipinski definition) is 2. The number of aromatic nitrogens is 1. The maximum atomic E-state index is 4.39. The van der Waals surface area contributed by atoms with Crippen LogP contribution in [-0.4, -0.2) is 11.5 Å². The molecule has 2 aromatic rings. The van der Waals surface area contributed by atoms with Crippen LogP contribution in [-0.2, 0) is 0 Å². The highest BCUT2D eigenvalue weighted by Crippen LogP contribution is 2.27. The highest BCUT2D eigenvalue weighted by Gasteiger charge is 2.03. The van der Waals surface area contributed by atoms with Crippen LogP contribution in [0.5, 0.6) is 0 Å². The minimum absolute atomic E-state index is 0.906. The minimum Gasteiger partial charge on any atom is -0.369 e. The Labute approximate surface area is 110 Å². The molecule has 1 aromatic heterocycles. The third kappa shape index (κ3) is 2.86. The van der Waals surface area contributed by atoms with E-state index in [9.17, 15) is 0 Å². The predicted octanol–water partition coefficient (Wildman–Crippen LogP) is 4.38. The van der Waals surface area contributed by atoms with Crippen LogP contribution in [0.4, 0.5) is 5.82 Å². The largest absolute Gasteiger partial charge is 0.369 e. The van der Waals surface area contributed by atoms with Crippen molar-refractivity contribution in [1.29, 1.82) is 0 Å². The Morgan fingerprint density at radius 2 is 2.18 bits per heavy atom. The monoisotopic (exact) mass is 290 g/mol. The van der Waals surface area contributed by atoms with Crippen LogP contribution in [0.15, 0.2) is 47.1 Å². The molecule has 0 atom stereocenters. The van der Waals surface area contributed by atoms with E-state index < -0.39 is 0 Å². The van der Waals surface area contributed by atoms with Crippen LogP contribution in [0.2, 0.25) is 0 Å². The quantitative estimate of drug-likeness (QED) is 0.668. The Morgan fingerprint density at radius 3 is 3.00 bits per heavy atom. The standard InChI is InChI=1S/C14H15BrN2/c1-2-3-4-9-16-14-12-6-5-7-13(15)11(12)8-10-17-14/h2-3,5-8,10H,4,9H2,1H3,(H,16,17)/b3-2+. The van der Waals surface area contributed by atoms with Crippen molar-refractivity contribution >= 4 is 32.5 Å². The van der Waals surface area contributed by atoms with Gasteiger partial charge < -0.3 is 5.32 Å². The molecule has 0 unspecified atom stereocenters. The van der Waals surface area contributed by atoms with Gasteiger partial charge in [-0.2, -0.15) is 0 Å². The minimum atomic E-state index is 0.906. The molecule has 0 amide bonds. The molecule has 0 bridgehead atoms. The Bertz CT molecular complexity index is 535. The lowest BCUT2D eigenvalue weighted by Gasteiger charge is -2.08. The molecular formula is C14H15BrN2. The number of anilines is 1. The number of benzene rings is 1. The molecule has 88 valence electrons. The summed E-state index contributed by atoms with van der Waals surface area (Å²) < 4.78 is 1.11. The van der Waals surface area contributed by atoms with Crippen molar-refractivity contribution in [2.45, 2.75) is 13.3 Å². The predicted molar refractivity (Wildman–Crippen MR) is 77.4 cm³/mol. The van der Waals surface area contributed by atoms with Crippen LogP contribution in [0.1, 0.15) is 13.3 Å². The van der Waals surface area contributed by atoms with E-state index in [2.05, 4.69) is 44.4 Å². The van der Waals surface area contributed by atoms with Crippen molar-refractivity contribution in [1.82, 2.24) is 4.98 Å². The van der Waals surface area contributed by atoms with Crippen LogP contribution in [0, 0.1) is 0 Å². The first-order chi connectivity index (χ1) is 8.33. The van der Waals surface area contributed by atoms with E-state index in [0.29, 0.717) is 0 Å². The first-order valence-corrected chi connectivity index (χ1v) is 6.50. The molecule has 0 spiro atoms. The molecule has 1 N–H and O–H groups in total. The molecule has 0 aliphatic carbocycles. The molecule has 17 heavy (non-hydrogen) atoms. The molecule has 2 nitrogen and oxygen atoms in total. The number of pyridine rings is 1. The number of halogens is 1. The van der Waals surface area contributed by atoms with Crippen LogP contribution in [0.3, 0.4) is 0 Å². The van der Waals surface area contributed by atoms with E-state index in [1.54, 1.807) is 0 Å². The van der Waals surface area contributed by atoms with E-state index >= 15 is 0 Å². The molecular weight excluding hydrogens is 276 g/mol. The van der Waals surface area contributed by atoms with Gasteiger partial charge in [0.05, 0.1) is 0 Å². The summed E-state index contributed by atoms with van der Waals surface area (Å²) in [5, 5.41) is 5.71. The highest BCUT2D eigenvalue weighted by molar-refractivity contribution is 9.10. The Hall–Kier alpha value is -1.35. The number of fused-ring (bicyclic) bond motifs is 1. The maximum Gasteiger partial charge on any atom is 0.133 e. The van der Waals surface area contributed by atoms with Gasteiger partial charge in [-0.3, -0.25) is 0 Å². The van der Waals surface area contributed by atoms with E-state index in [1.165, 1.54) is 5.39 Å². The summed E-state index contributed by atoms with van der Waals surface area (Å²) in [6.07, 6.45) is 7.07. The molecule has 2 rings (SSSR count). The zero-order chi connectivity index (χ0) is 12.1. The second kappa shape index (κ2) is 5.82. The Balaban J connectivity index is 2.25. The fourth-order valence-electron chi connectivity index (χ4n) is 1.75. The lowest BCUT2D eigenvalue weighted by Crippen LogP contribution is -2.02. The SMILES string of the molecule is C/C=C/CCNc1nccc2c(Br)cccc12. The number of rotatable bonds is 4. The van der Waals surface area contributed by atoms with Gasteiger partial charge in [-0.1, -0.05) is 40.2 Å². The van der Waals surface area contributed by atoms with Gasteiger partial charge in [0.1, 0.15) is 5.82 Å². The Morgan fingerprint density at radius 1 is 1.29 bits per heavy atom. The molecule has 0 radical (unpaired) electrons. The molecule has 0 saturated heterocycles. The zero-order valence-electron chi connectivity index (χ0n) is 9.78. The van der Waals surface area contributed by atoms with Gasteiger partial charge in [0.2, 0.25) is 0 Å². The zero-order valence-corrected chi connectivity index (χ0v) is 11.4. The van der Waals surface area contributed by atoms with Crippen molar-refractivity contribution in [3.63, 3.8) is 0 Å². The Kier molecular flexibility index (Phi) is 4.15. The second-order valence-corrected chi connectivity index (χ2v) is 4.63. The third-order valence-corrected chi connectivity index (χ3v) is 3.28. The normalized spacial score (nSPS) is 11.2. The lowest BCUT2D eigenvalue weighted by molar-refractivity contribution is 1.05. The van der Waals surface area contributed by atoms with E-state index in [1.807, 2.05) is 31.3 Å². The maximum absolute atomic E-state index is 4.39. The van der Waals surface area contributed by atoms with Crippen molar-refractivity contribution in [3.05, 3.63) is 47.1 Å². The topological polar surface area (TPSA) is 24.9 Å². The van der Waals surface area contributed by atoms with Crippen molar-refractivity contribution in [2.75, 3.05) is 11.9 Å². The van der Waals surface area contributed by atoms with Gasteiger partial charge in [-0.25, -0.2) is 4.98 Å². The molecule has 1 heterocycles. The first-order valence-electron chi connectivity index (χ1n) is 5.71. The highest BCUT2D eigenvalue weighted by atomic mass is 79.9. The van der Waals surface area contributed by atoms with Gasteiger partial charge in [0.15, 0.2) is 0 Å². The summed E-state index contributed by atoms with van der Waals surface area (Å²) in [5.41, 5.74) is 0. The van der Waals surface area contributed by atoms with Crippen molar-refractivity contribution in [3.8, 4) is 0 Å². The average Bonchev–Trinajstić information content (AvgIpc) is 2.36. The number of hydrogen-bond donors (Lipinski definition) is 1. The van der Waals surface area contributed by atoms with Gasteiger partial charge in [0, 0.05) is 28.0 Å². The first kappa shape index (κ1) is 12.1. The lowest BCUT2D eigenvalue weighted by atomic mass is 10.1. The van der Waals surface area contributed by atoms with Crippen LogP contribution >= 0.6 is 15.9 Å². The van der Waals surface area contributed by atoms with Crippen LogP contribution < -0.4 is 5.32 Å². The number of nitrogens with one attached hydrogen (secondary N) is 1. The summed E-state index contributed by atoms with van der Waals surface area (Å²) in [6, 6.07) is 8.19. The van der Waals surface area contributed by atoms with E-state index in [0.717, 1.165) is 28.6 Å². The summed E-state index contributed by atoms with van der Waals surface area (Å²) in [4.78, 5) is 4.39. The summed E-state index contributed by atoms with van der Waals surface area (Å²) in [7, 11) is 0.